The van der Waals surface area contributed by atoms with Crippen molar-refractivity contribution in [3.05, 3.63) is 0 Å². The number of rotatable bonds is 2. The van der Waals surface area contributed by atoms with E-state index in [1.807, 2.05) is 0 Å². The van der Waals surface area contributed by atoms with E-state index in [1.54, 1.807) is 0 Å². The minimum absolute atomic E-state index is 0.327. The smallest absolute Gasteiger partial charge is 0.0676 e. The Morgan fingerprint density at radius 2 is 1.61 bits per heavy atom. The van der Waals surface area contributed by atoms with Gasteiger partial charge in [-0.3, -0.25) is 0 Å². The Labute approximate surface area is 113 Å². The first kappa shape index (κ1) is 14.4. The van der Waals surface area contributed by atoms with Crippen molar-refractivity contribution in [3.8, 4) is 0 Å². The predicted molar refractivity (Wildman–Crippen MR) is 77.6 cm³/mol. The lowest BCUT2D eigenvalue weighted by molar-refractivity contribution is -0.0518. The molecule has 0 bridgehead atoms. The van der Waals surface area contributed by atoms with Crippen LogP contribution in [0.15, 0.2) is 0 Å². The van der Waals surface area contributed by atoms with E-state index in [-0.39, 0.29) is 5.60 Å². The van der Waals surface area contributed by atoms with Gasteiger partial charge in [0.15, 0.2) is 0 Å². The summed E-state index contributed by atoms with van der Waals surface area (Å²) in [7, 11) is 0. The normalized spacial score (nSPS) is 41.3. The van der Waals surface area contributed by atoms with E-state index >= 15 is 0 Å². The van der Waals surface area contributed by atoms with Gasteiger partial charge >= 0.3 is 0 Å². The van der Waals surface area contributed by atoms with E-state index in [2.05, 4.69) is 20.8 Å². The molecule has 18 heavy (non-hydrogen) atoms. The molecule has 0 aromatic carbocycles. The largest absolute Gasteiger partial charge is 0.390 e. The van der Waals surface area contributed by atoms with Crippen LogP contribution in [0.2, 0.25) is 0 Å². The van der Waals surface area contributed by atoms with E-state index in [1.165, 1.54) is 51.4 Å². The molecule has 2 aliphatic carbocycles. The second kappa shape index (κ2) is 5.53. The average molecular weight is 252 g/mol. The van der Waals surface area contributed by atoms with Crippen molar-refractivity contribution >= 4 is 0 Å². The molecule has 1 unspecified atom stereocenters. The van der Waals surface area contributed by atoms with Crippen LogP contribution in [0.25, 0.3) is 0 Å². The summed E-state index contributed by atoms with van der Waals surface area (Å²) in [5.41, 5.74) is 0.123. The first-order chi connectivity index (χ1) is 8.45. The average Bonchev–Trinajstić information content (AvgIpc) is 2.50. The van der Waals surface area contributed by atoms with Gasteiger partial charge in [-0.25, -0.2) is 0 Å². The fraction of sp³-hybridized carbons (Fsp3) is 1.00. The summed E-state index contributed by atoms with van der Waals surface area (Å²) in [5, 5.41) is 11.1. The summed E-state index contributed by atoms with van der Waals surface area (Å²) in [6.45, 7) is 7.05. The number of hydrogen-bond acceptors (Lipinski definition) is 1. The highest BCUT2D eigenvalue weighted by Crippen LogP contribution is 2.46. The van der Waals surface area contributed by atoms with E-state index in [0.29, 0.717) is 11.3 Å². The Bertz CT molecular complexity index is 263. The summed E-state index contributed by atoms with van der Waals surface area (Å²) in [6, 6.07) is 0. The highest BCUT2D eigenvalue weighted by Gasteiger charge is 2.41. The highest BCUT2D eigenvalue weighted by molar-refractivity contribution is 4.93. The van der Waals surface area contributed by atoms with Crippen molar-refractivity contribution in [2.24, 2.45) is 17.3 Å². The summed E-state index contributed by atoms with van der Waals surface area (Å²) in [5.74, 6) is 1.53. The Kier molecular flexibility index (Phi) is 4.41. The molecule has 0 aliphatic heterocycles. The maximum absolute atomic E-state index is 11.1. The van der Waals surface area contributed by atoms with Gasteiger partial charge < -0.3 is 5.11 Å². The van der Waals surface area contributed by atoms with Gasteiger partial charge in [0.05, 0.1) is 5.60 Å². The third-order valence-electron chi connectivity index (χ3n) is 5.88. The molecule has 1 nitrogen and oxygen atoms in total. The van der Waals surface area contributed by atoms with E-state index < -0.39 is 0 Å². The van der Waals surface area contributed by atoms with Crippen molar-refractivity contribution in [1.29, 1.82) is 0 Å². The third-order valence-corrected chi connectivity index (χ3v) is 5.88. The van der Waals surface area contributed by atoms with Gasteiger partial charge in [0.25, 0.3) is 0 Å². The maximum Gasteiger partial charge on any atom is 0.0676 e. The molecule has 0 aromatic heterocycles. The lowest BCUT2D eigenvalue weighted by atomic mass is 9.70. The van der Waals surface area contributed by atoms with Gasteiger partial charge in [0.1, 0.15) is 0 Å². The Morgan fingerprint density at radius 1 is 0.944 bits per heavy atom. The lowest BCUT2D eigenvalue weighted by Crippen LogP contribution is -2.39. The van der Waals surface area contributed by atoms with Gasteiger partial charge in [-0.2, -0.15) is 0 Å². The van der Waals surface area contributed by atoms with Gasteiger partial charge in [-0.05, 0) is 55.8 Å². The molecule has 2 rings (SSSR count). The van der Waals surface area contributed by atoms with Crippen LogP contribution in [0.3, 0.4) is 0 Å². The van der Waals surface area contributed by atoms with Crippen LogP contribution < -0.4 is 0 Å². The first-order valence-corrected chi connectivity index (χ1v) is 8.17. The Hall–Kier alpha value is -0.0400. The molecular formula is C17H32O. The van der Waals surface area contributed by atoms with Crippen LogP contribution in [-0.4, -0.2) is 10.7 Å². The second-order valence-electron chi connectivity index (χ2n) is 7.75. The van der Waals surface area contributed by atoms with Crippen molar-refractivity contribution < 1.29 is 5.11 Å². The lowest BCUT2D eigenvalue weighted by Gasteiger charge is -2.40. The first-order valence-electron chi connectivity index (χ1n) is 8.17. The number of hydrogen-bond donors (Lipinski definition) is 1. The summed E-state index contributed by atoms with van der Waals surface area (Å²) in [6.07, 6.45) is 12.4. The third kappa shape index (κ3) is 3.29. The zero-order chi connectivity index (χ0) is 13.2. The van der Waals surface area contributed by atoms with Crippen molar-refractivity contribution in [1.82, 2.24) is 0 Å². The molecule has 2 saturated carbocycles. The molecule has 0 amide bonds. The molecule has 2 fully saturated rings. The van der Waals surface area contributed by atoms with Crippen LogP contribution in [0.5, 0.6) is 0 Å². The van der Waals surface area contributed by atoms with Gasteiger partial charge in [0.2, 0.25) is 0 Å². The zero-order valence-corrected chi connectivity index (χ0v) is 12.7. The second-order valence-corrected chi connectivity index (χ2v) is 7.75. The Morgan fingerprint density at radius 3 is 2.22 bits per heavy atom. The molecule has 1 N–H and O–H groups in total. The summed E-state index contributed by atoms with van der Waals surface area (Å²) < 4.78 is 0. The SMILES string of the molecule is CCC1CCC(C2(O)CCCC(C)(C)CC2)CC1. The van der Waals surface area contributed by atoms with Crippen molar-refractivity contribution in [2.75, 3.05) is 0 Å². The van der Waals surface area contributed by atoms with Crippen molar-refractivity contribution in [3.63, 3.8) is 0 Å². The highest BCUT2D eigenvalue weighted by atomic mass is 16.3. The fourth-order valence-corrected chi connectivity index (χ4v) is 4.19. The van der Waals surface area contributed by atoms with E-state index in [0.717, 1.165) is 18.8 Å². The molecule has 0 spiro atoms. The van der Waals surface area contributed by atoms with Crippen LogP contribution in [0, 0.1) is 17.3 Å². The van der Waals surface area contributed by atoms with Gasteiger partial charge in [-0.15, -0.1) is 0 Å². The minimum Gasteiger partial charge on any atom is -0.390 e. The quantitative estimate of drug-likeness (QED) is 0.691. The zero-order valence-electron chi connectivity index (χ0n) is 12.7. The van der Waals surface area contributed by atoms with Crippen LogP contribution in [-0.2, 0) is 0 Å². The van der Waals surface area contributed by atoms with Gasteiger partial charge in [0, 0.05) is 0 Å². The molecule has 1 heteroatoms. The molecule has 0 heterocycles. The fourth-order valence-electron chi connectivity index (χ4n) is 4.19. The molecule has 2 aliphatic rings. The molecule has 0 saturated heterocycles. The molecule has 0 aromatic rings. The van der Waals surface area contributed by atoms with Crippen LogP contribution in [0.4, 0.5) is 0 Å². The Balaban J connectivity index is 1.95. The van der Waals surface area contributed by atoms with Gasteiger partial charge in [-0.1, -0.05) is 46.5 Å². The topological polar surface area (TPSA) is 20.2 Å². The summed E-state index contributed by atoms with van der Waals surface area (Å²) >= 11 is 0. The molecule has 0 radical (unpaired) electrons. The number of aliphatic hydroxyl groups is 1. The molecule has 106 valence electrons. The van der Waals surface area contributed by atoms with Crippen molar-refractivity contribution in [2.45, 2.75) is 90.6 Å². The van der Waals surface area contributed by atoms with E-state index in [4.69, 9.17) is 0 Å². The monoisotopic (exact) mass is 252 g/mol. The molecule has 1 atom stereocenters. The standard InChI is InChI=1S/C17H32O/c1-4-14-6-8-15(9-7-14)17(18)11-5-10-16(2,3)12-13-17/h14-15,18H,4-13H2,1-3H3. The molecular weight excluding hydrogens is 220 g/mol. The minimum atomic E-state index is -0.327. The van der Waals surface area contributed by atoms with E-state index in [9.17, 15) is 5.11 Å². The predicted octanol–water partition coefficient (Wildman–Crippen LogP) is 4.92. The van der Waals surface area contributed by atoms with Crippen LogP contribution >= 0.6 is 0 Å². The summed E-state index contributed by atoms with van der Waals surface area (Å²) in [4.78, 5) is 0. The van der Waals surface area contributed by atoms with Crippen LogP contribution in [0.1, 0.15) is 85.0 Å². The maximum atomic E-state index is 11.1.